The number of nitrogens with two attached hydrogens (primary N) is 1. The second-order valence-corrected chi connectivity index (χ2v) is 11.4. The van der Waals surface area contributed by atoms with Crippen molar-refractivity contribution in [3.8, 4) is 11.8 Å². The molecule has 0 aliphatic carbocycles. The molecule has 0 bridgehead atoms. The number of primary amides is 1. The molecule has 1 heterocycles. The monoisotopic (exact) mass is 603 g/mol. The van der Waals surface area contributed by atoms with E-state index in [2.05, 4.69) is 22.5 Å². The molecule has 0 saturated carbocycles. The number of hydrogen-bond donors (Lipinski definition) is 3. The molecule has 1 aliphatic heterocycles. The smallest absolute Gasteiger partial charge is 0.404 e. The van der Waals surface area contributed by atoms with Gasteiger partial charge in [0.1, 0.15) is 18.2 Å². The molecule has 3 amide bonds. The minimum atomic E-state index is -0.906. The molecular formula is C31H42ClN3O7. The van der Waals surface area contributed by atoms with Crippen molar-refractivity contribution in [3.05, 3.63) is 59.0 Å². The van der Waals surface area contributed by atoms with E-state index >= 15 is 0 Å². The molecule has 1 aliphatic rings. The number of cyclic esters (lactones) is 1. The second-order valence-electron chi connectivity index (χ2n) is 10.8. The minimum Gasteiger partial charge on any atom is -0.490 e. The zero-order chi connectivity index (χ0) is 31.9. The van der Waals surface area contributed by atoms with Gasteiger partial charge in [-0.25, -0.2) is 9.59 Å². The van der Waals surface area contributed by atoms with E-state index in [1.165, 1.54) is 19.4 Å². The molecule has 10 nitrogen and oxygen atoms in total. The molecule has 0 spiro atoms. The molecule has 42 heavy (non-hydrogen) atoms. The Hall–Kier alpha value is -3.97. The van der Waals surface area contributed by atoms with Crippen molar-refractivity contribution in [2.45, 2.75) is 79.1 Å². The maximum Gasteiger partial charge on any atom is 0.404 e. The van der Waals surface area contributed by atoms with E-state index in [9.17, 15) is 19.2 Å². The maximum absolute atomic E-state index is 12.8. The fraction of sp³-hybridized carbons (Fsp3) is 0.484. The Morgan fingerprint density at radius 3 is 2.52 bits per heavy atom. The molecule has 0 aromatic carbocycles. The van der Waals surface area contributed by atoms with Crippen LogP contribution in [0.4, 0.5) is 4.79 Å². The summed E-state index contributed by atoms with van der Waals surface area (Å²) in [5.74, 6) is 3.80. The van der Waals surface area contributed by atoms with Crippen LogP contribution in [0.2, 0.25) is 0 Å². The number of nitrogens with one attached hydrogen (secondary N) is 2. The average Bonchev–Trinajstić information content (AvgIpc) is 2.89. The second kappa shape index (κ2) is 17.8. The number of halogens is 1. The molecule has 1 rings (SSSR count). The SMILES string of the molecule is COC1=CCC([C@H](C)/C=C(C)/C=C/C#CC(=O)NC(C(=O)N/C=C/C[C@@H](C/C=C(/C)Cl)OC(N)=O)C(C)(C)C)OC1=O. The first-order chi connectivity index (χ1) is 19.6. The summed E-state index contributed by atoms with van der Waals surface area (Å²) >= 11 is 5.84. The largest absolute Gasteiger partial charge is 0.490 e. The highest BCUT2D eigenvalue weighted by Gasteiger charge is 2.32. The van der Waals surface area contributed by atoms with Crippen LogP contribution in [0.1, 0.15) is 60.8 Å². The van der Waals surface area contributed by atoms with Gasteiger partial charge in [-0.15, -0.1) is 0 Å². The van der Waals surface area contributed by atoms with Gasteiger partial charge >= 0.3 is 12.1 Å². The summed E-state index contributed by atoms with van der Waals surface area (Å²) in [7, 11) is 1.43. The van der Waals surface area contributed by atoms with E-state index in [0.29, 0.717) is 24.3 Å². The Balaban J connectivity index is 2.73. The minimum absolute atomic E-state index is 0.0436. The lowest BCUT2D eigenvalue weighted by molar-refractivity contribution is -0.151. The highest BCUT2D eigenvalue weighted by Crippen LogP contribution is 2.23. The summed E-state index contributed by atoms with van der Waals surface area (Å²) in [6, 6.07) is -0.874. The third-order valence-corrected chi connectivity index (χ3v) is 6.19. The third-order valence-electron chi connectivity index (χ3n) is 6.03. The predicted octanol–water partition coefficient (Wildman–Crippen LogP) is 4.52. The highest BCUT2D eigenvalue weighted by molar-refractivity contribution is 6.29. The number of carbonyl (C=O) groups excluding carboxylic acids is 4. The Kier molecular flexibility index (Phi) is 15.2. The average molecular weight is 604 g/mol. The van der Waals surface area contributed by atoms with Gasteiger partial charge in [-0.05, 0) is 43.5 Å². The van der Waals surface area contributed by atoms with E-state index < -0.39 is 41.4 Å². The van der Waals surface area contributed by atoms with Gasteiger partial charge in [0.2, 0.25) is 5.91 Å². The molecule has 11 heteroatoms. The first-order valence-corrected chi connectivity index (χ1v) is 13.9. The Labute approximate surface area is 253 Å². The Morgan fingerprint density at radius 2 is 1.95 bits per heavy atom. The van der Waals surface area contributed by atoms with Crippen molar-refractivity contribution >= 4 is 35.5 Å². The number of allylic oxidation sites excluding steroid dienone is 4. The normalized spacial score (nSPS) is 18.2. The number of amides is 3. The van der Waals surface area contributed by atoms with Crippen LogP contribution >= 0.6 is 11.6 Å². The van der Waals surface area contributed by atoms with Crippen LogP contribution in [0.5, 0.6) is 0 Å². The molecule has 230 valence electrons. The molecule has 0 fully saturated rings. The van der Waals surface area contributed by atoms with Crippen molar-refractivity contribution in [3.63, 3.8) is 0 Å². The van der Waals surface area contributed by atoms with Gasteiger partial charge in [-0.2, -0.15) is 0 Å². The van der Waals surface area contributed by atoms with Crippen molar-refractivity contribution in [2.24, 2.45) is 17.1 Å². The maximum atomic E-state index is 12.8. The van der Waals surface area contributed by atoms with Gasteiger partial charge in [0.25, 0.3) is 5.91 Å². The molecule has 2 unspecified atom stereocenters. The van der Waals surface area contributed by atoms with Gasteiger partial charge in [-0.3, -0.25) is 9.59 Å². The lowest BCUT2D eigenvalue weighted by atomic mass is 9.86. The summed E-state index contributed by atoms with van der Waals surface area (Å²) < 4.78 is 15.4. The number of rotatable bonds is 12. The number of esters is 1. The first-order valence-electron chi connectivity index (χ1n) is 13.5. The Bertz CT molecular complexity index is 1190. The van der Waals surface area contributed by atoms with Crippen LogP contribution in [0.25, 0.3) is 0 Å². The molecule has 0 aromatic rings. The summed E-state index contributed by atoms with van der Waals surface area (Å²) in [4.78, 5) is 48.4. The molecule has 0 radical (unpaired) electrons. The van der Waals surface area contributed by atoms with Crippen molar-refractivity contribution in [1.82, 2.24) is 10.6 Å². The summed E-state index contributed by atoms with van der Waals surface area (Å²) in [6.07, 6.45) is 11.2. The van der Waals surface area contributed by atoms with E-state index in [-0.39, 0.29) is 17.8 Å². The number of ether oxygens (including phenoxy) is 3. The van der Waals surface area contributed by atoms with E-state index in [0.717, 1.165) is 5.57 Å². The van der Waals surface area contributed by atoms with Crippen LogP contribution in [-0.4, -0.2) is 49.2 Å². The number of hydrogen-bond acceptors (Lipinski definition) is 7. The van der Waals surface area contributed by atoms with Gasteiger partial charge in [-0.1, -0.05) is 75.1 Å². The van der Waals surface area contributed by atoms with E-state index in [1.54, 1.807) is 31.2 Å². The van der Waals surface area contributed by atoms with Crippen molar-refractivity contribution < 1.29 is 33.4 Å². The summed E-state index contributed by atoms with van der Waals surface area (Å²) in [6.45, 7) is 11.0. The zero-order valence-corrected chi connectivity index (χ0v) is 26.0. The van der Waals surface area contributed by atoms with Crippen LogP contribution < -0.4 is 16.4 Å². The van der Waals surface area contributed by atoms with Gasteiger partial charge in [0.05, 0.1) is 7.11 Å². The molecule has 4 N–H and O–H groups in total. The summed E-state index contributed by atoms with van der Waals surface area (Å²) in [5.41, 5.74) is 5.39. The molecule has 4 atom stereocenters. The van der Waals surface area contributed by atoms with Gasteiger partial charge in [0, 0.05) is 30.2 Å². The standard InChI is InChI=1S/C31H42ClN3O7/c1-20(19-21(2)24-16-17-25(40-7)29(38)42-24)11-8-9-13-26(36)35-27(31(4,5)6)28(37)34-18-10-12-23(41-30(33)39)15-14-22(3)32/h8,10-11,14,17-19,21,23-24,27H,12,15-16H2,1-7H3,(H2,33,39)(H,34,37)(H,35,36)/b11-8+,18-10+,20-19+,22-14-/t21-,23+,24?,27?/m1/s1. The lowest BCUT2D eigenvalue weighted by Gasteiger charge is -2.29. The predicted molar refractivity (Wildman–Crippen MR) is 161 cm³/mol. The quantitative estimate of drug-likeness (QED) is 0.169. The number of carbonyl (C=O) groups is 4. The first kappa shape index (κ1) is 36.1. The topological polar surface area (TPSA) is 146 Å². The number of methoxy groups -OCH3 is 1. The highest BCUT2D eigenvalue weighted by atomic mass is 35.5. The van der Waals surface area contributed by atoms with Gasteiger partial charge in [0.15, 0.2) is 5.76 Å². The molecule has 0 saturated heterocycles. The van der Waals surface area contributed by atoms with Crippen molar-refractivity contribution in [2.75, 3.05) is 7.11 Å². The van der Waals surface area contributed by atoms with Crippen molar-refractivity contribution in [1.29, 1.82) is 0 Å². The fourth-order valence-electron chi connectivity index (χ4n) is 3.83. The van der Waals surface area contributed by atoms with E-state index in [1.807, 2.05) is 40.7 Å². The van der Waals surface area contributed by atoms with Crippen LogP contribution in [0, 0.1) is 23.2 Å². The third kappa shape index (κ3) is 14.1. The Morgan fingerprint density at radius 1 is 1.26 bits per heavy atom. The fourth-order valence-corrected chi connectivity index (χ4v) is 3.92. The van der Waals surface area contributed by atoms with Crippen LogP contribution in [0.3, 0.4) is 0 Å². The van der Waals surface area contributed by atoms with Crippen LogP contribution in [0.15, 0.2) is 59.0 Å². The zero-order valence-electron chi connectivity index (χ0n) is 25.3. The van der Waals surface area contributed by atoms with E-state index in [4.69, 9.17) is 31.5 Å². The summed E-state index contributed by atoms with van der Waals surface area (Å²) in [5, 5.41) is 5.86. The molecule has 0 aromatic heterocycles. The van der Waals surface area contributed by atoms with Gasteiger partial charge < -0.3 is 30.6 Å². The van der Waals surface area contributed by atoms with Crippen LogP contribution in [-0.2, 0) is 28.6 Å². The lowest BCUT2D eigenvalue weighted by Crippen LogP contribution is -2.52. The molecular weight excluding hydrogens is 562 g/mol.